The molecule has 0 unspecified atom stereocenters. The number of benzene rings is 2. The Morgan fingerprint density at radius 3 is 2.57 bits per heavy atom. The molecule has 3 rings (SSSR count). The number of aryl methyl sites for hydroxylation is 1. The van der Waals surface area contributed by atoms with Crippen molar-refractivity contribution in [3.63, 3.8) is 0 Å². The number of rotatable bonds is 4. The van der Waals surface area contributed by atoms with Crippen LogP contribution in [0.2, 0.25) is 0 Å². The molecule has 0 aliphatic heterocycles. The second kappa shape index (κ2) is 6.26. The van der Waals surface area contributed by atoms with E-state index >= 15 is 0 Å². The minimum atomic E-state index is -0.189. The molecule has 0 aliphatic carbocycles. The van der Waals surface area contributed by atoms with Crippen LogP contribution in [0.4, 0.5) is 10.8 Å². The number of amides is 1. The minimum Gasteiger partial charge on any atom is -0.378 e. The number of nitrogens with one attached hydrogen (secondary N) is 2. The van der Waals surface area contributed by atoms with E-state index in [4.69, 9.17) is 0 Å². The summed E-state index contributed by atoms with van der Waals surface area (Å²) >= 11 is 1.51. The van der Waals surface area contributed by atoms with Crippen molar-refractivity contribution in [3.05, 3.63) is 53.6 Å². The predicted octanol–water partition coefficient (Wildman–Crippen LogP) is 3.43. The molecular formula is C17H18N4OS. The fourth-order valence-corrected chi connectivity index (χ4v) is 3.10. The largest absolute Gasteiger partial charge is 0.378 e. The number of thiazole rings is 1. The summed E-state index contributed by atoms with van der Waals surface area (Å²) in [6.07, 6.45) is 0. The number of aromatic nitrogens is 1. The Morgan fingerprint density at radius 2 is 1.87 bits per heavy atom. The molecule has 0 saturated heterocycles. The van der Waals surface area contributed by atoms with Crippen LogP contribution < -0.4 is 15.8 Å². The Kier molecular flexibility index (Phi) is 4.16. The Morgan fingerprint density at radius 1 is 1.13 bits per heavy atom. The maximum atomic E-state index is 12.2. The van der Waals surface area contributed by atoms with Gasteiger partial charge in [-0.25, -0.2) is 4.98 Å². The van der Waals surface area contributed by atoms with Gasteiger partial charge in [0.25, 0.3) is 5.91 Å². The van der Waals surface area contributed by atoms with E-state index in [0.29, 0.717) is 10.7 Å². The zero-order valence-corrected chi connectivity index (χ0v) is 14.1. The molecule has 1 amide bonds. The monoisotopic (exact) mass is 326 g/mol. The first-order chi connectivity index (χ1) is 11.0. The fraction of sp³-hybridized carbons (Fsp3) is 0.176. The molecule has 0 saturated carbocycles. The van der Waals surface area contributed by atoms with Crippen LogP contribution in [-0.4, -0.2) is 25.0 Å². The minimum absolute atomic E-state index is 0.189. The second-order valence-electron chi connectivity index (χ2n) is 5.51. The van der Waals surface area contributed by atoms with Gasteiger partial charge in [-0.3, -0.25) is 15.6 Å². The number of carbonyl (C=O) groups is 1. The van der Waals surface area contributed by atoms with Crippen LogP contribution in [0, 0.1) is 6.92 Å². The van der Waals surface area contributed by atoms with E-state index in [1.54, 1.807) is 12.1 Å². The lowest BCUT2D eigenvalue weighted by Crippen LogP contribution is -2.29. The van der Waals surface area contributed by atoms with E-state index in [1.807, 2.05) is 50.2 Å². The molecule has 5 nitrogen and oxygen atoms in total. The van der Waals surface area contributed by atoms with Crippen LogP contribution in [0.5, 0.6) is 0 Å². The van der Waals surface area contributed by atoms with Gasteiger partial charge in [-0.2, -0.15) is 0 Å². The normalized spacial score (nSPS) is 10.6. The number of carbonyl (C=O) groups excluding carboxylic acids is 1. The lowest BCUT2D eigenvalue weighted by atomic mass is 10.2. The van der Waals surface area contributed by atoms with Crippen LogP contribution in [-0.2, 0) is 0 Å². The highest BCUT2D eigenvalue weighted by Gasteiger charge is 2.08. The summed E-state index contributed by atoms with van der Waals surface area (Å²) in [4.78, 5) is 18.6. The Balaban J connectivity index is 1.67. The van der Waals surface area contributed by atoms with Crippen molar-refractivity contribution in [2.24, 2.45) is 0 Å². The van der Waals surface area contributed by atoms with Crippen LogP contribution in [0.3, 0.4) is 0 Å². The quantitative estimate of drug-likeness (QED) is 0.721. The Labute approximate surface area is 138 Å². The first-order valence-corrected chi connectivity index (χ1v) is 8.05. The number of hydrogen-bond donors (Lipinski definition) is 2. The van der Waals surface area contributed by atoms with Crippen LogP contribution in [0.25, 0.3) is 10.2 Å². The Hall–Kier alpha value is -2.60. The first kappa shape index (κ1) is 15.3. The van der Waals surface area contributed by atoms with Gasteiger partial charge in [-0.1, -0.05) is 17.4 Å². The summed E-state index contributed by atoms with van der Waals surface area (Å²) in [5.74, 6) is -0.189. The van der Waals surface area contributed by atoms with Gasteiger partial charge in [-0.15, -0.1) is 0 Å². The molecule has 0 aliphatic rings. The van der Waals surface area contributed by atoms with Gasteiger partial charge in [0.05, 0.1) is 10.2 Å². The SMILES string of the molecule is Cc1ccc2nc(NNC(=O)c3ccc(N(C)C)cc3)sc2c1. The Bertz CT molecular complexity index is 839. The number of anilines is 2. The van der Waals surface area contributed by atoms with Crippen LogP contribution >= 0.6 is 11.3 Å². The van der Waals surface area contributed by atoms with Gasteiger partial charge in [0.2, 0.25) is 5.13 Å². The van der Waals surface area contributed by atoms with E-state index in [2.05, 4.69) is 21.9 Å². The molecular weight excluding hydrogens is 308 g/mol. The molecule has 1 aromatic heterocycles. The highest BCUT2D eigenvalue weighted by Crippen LogP contribution is 2.26. The van der Waals surface area contributed by atoms with E-state index in [9.17, 15) is 4.79 Å². The number of hydrazine groups is 1. The molecule has 2 aromatic carbocycles. The van der Waals surface area contributed by atoms with Crippen molar-refractivity contribution >= 4 is 38.3 Å². The molecule has 0 atom stereocenters. The van der Waals surface area contributed by atoms with Crippen LogP contribution in [0.1, 0.15) is 15.9 Å². The molecule has 0 fully saturated rings. The summed E-state index contributed by atoms with van der Waals surface area (Å²) in [6.45, 7) is 2.05. The van der Waals surface area contributed by atoms with Crippen molar-refractivity contribution in [1.29, 1.82) is 0 Å². The highest BCUT2D eigenvalue weighted by molar-refractivity contribution is 7.22. The smallest absolute Gasteiger partial charge is 0.269 e. The third kappa shape index (κ3) is 3.43. The van der Waals surface area contributed by atoms with Gasteiger partial charge in [0, 0.05) is 25.3 Å². The lowest BCUT2D eigenvalue weighted by molar-refractivity contribution is 0.0962. The molecule has 2 N–H and O–H groups in total. The summed E-state index contributed by atoms with van der Waals surface area (Å²) < 4.78 is 1.09. The zero-order chi connectivity index (χ0) is 16.4. The summed E-state index contributed by atoms with van der Waals surface area (Å²) in [5.41, 5.74) is 9.34. The van der Waals surface area contributed by atoms with Crippen molar-refractivity contribution in [1.82, 2.24) is 10.4 Å². The third-order valence-corrected chi connectivity index (χ3v) is 4.41. The van der Waals surface area contributed by atoms with Crippen molar-refractivity contribution in [2.75, 3.05) is 24.4 Å². The average molecular weight is 326 g/mol. The predicted molar refractivity (Wildman–Crippen MR) is 96.2 cm³/mol. The van der Waals surface area contributed by atoms with Crippen molar-refractivity contribution < 1.29 is 4.79 Å². The molecule has 0 spiro atoms. The van der Waals surface area contributed by atoms with Gasteiger partial charge in [-0.05, 0) is 48.9 Å². The lowest BCUT2D eigenvalue weighted by Gasteiger charge is -2.12. The summed E-state index contributed by atoms with van der Waals surface area (Å²) in [5, 5.41) is 0.670. The number of hydrogen-bond acceptors (Lipinski definition) is 5. The van der Waals surface area contributed by atoms with E-state index < -0.39 is 0 Å². The molecule has 6 heteroatoms. The number of nitrogens with zero attached hydrogens (tertiary/aromatic N) is 2. The van der Waals surface area contributed by atoms with E-state index in [1.165, 1.54) is 16.9 Å². The second-order valence-corrected chi connectivity index (χ2v) is 6.54. The first-order valence-electron chi connectivity index (χ1n) is 7.24. The molecule has 3 aromatic rings. The maximum absolute atomic E-state index is 12.2. The fourth-order valence-electron chi connectivity index (χ4n) is 2.18. The average Bonchev–Trinajstić information content (AvgIpc) is 2.94. The van der Waals surface area contributed by atoms with Gasteiger partial charge in [0.1, 0.15) is 0 Å². The van der Waals surface area contributed by atoms with Crippen molar-refractivity contribution in [2.45, 2.75) is 6.92 Å². The van der Waals surface area contributed by atoms with E-state index in [-0.39, 0.29) is 5.91 Å². The van der Waals surface area contributed by atoms with Crippen molar-refractivity contribution in [3.8, 4) is 0 Å². The number of fused-ring (bicyclic) bond motifs is 1. The summed E-state index contributed by atoms with van der Waals surface area (Å²) in [7, 11) is 3.93. The highest BCUT2D eigenvalue weighted by atomic mass is 32.1. The van der Waals surface area contributed by atoms with Crippen LogP contribution in [0.15, 0.2) is 42.5 Å². The molecule has 0 bridgehead atoms. The molecule has 0 radical (unpaired) electrons. The maximum Gasteiger partial charge on any atom is 0.269 e. The third-order valence-electron chi connectivity index (χ3n) is 3.47. The van der Waals surface area contributed by atoms with Gasteiger partial charge < -0.3 is 4.90 Å². The van der Waals surface area contributed by atoms with E-state index in [0.717, 1.165) is 15.9 Å². The van der Waals surface area contributed by atoms with Gasteiger partial charge in [0.15, 0.2) is 0 Å². The zero-order valence-electron chi connectivity index (χ0n) is 13.3. The molecule has 23 heavy (non-hydrogen) atoms. The van der Waals surface area contributed by atoms with Gasteiger partial charge >= 0.3 is 0 Å². The summed E-state index contributed by atoms with van der Waals surface area (Å²) in [6, 6.07) is 13.5. The molecule has 1 heterocycles. The standard InChI is InChI=1S/C17H18N4OS/c1-11-4-9-14-15(10-11)23-17(18-14)20-19-16(22)12-5-7-13(8-6-12)21(2)3/h4-10H,1-3H3,(H,18,20)(H,19,22). The topological polar surface area (TPSA) is 57.3 Å². The molecule has 118 valence electrons.